The quantitative estimate of drug-likeness (QED) is 0.470. The molecule has 1 aromatic heterocycles. The van der Waals surface area contributed by atoms with Crippen molar-refractivity contribution in [1.82, 2.24) is 15.6 Å². The van der Waals surface area contributed by atoms with E-state index in [2.05, 4.69) is 40.2 Å². The maximum Gasteiger partial charge on any atom is 0.238 e. The summed E-state index contributed by atoms with van der Waals surface area (Å²) in [5, 5.41) is 10.4. The molecule has 8 heteroatoms. The molecule has 5 rings (SSSR count). The zero-order valence-electron chi connectivity index (χ0n) is 19.3. The molecule has 0 radical (unpaired) electrons. The largest absolute Gasteiger partial charge is 0.486 e. The Kier molecular flexibility index (Phi) is 7.09. The Morgan fingerprint density at radius 1 is 1.03 bits per heavy atom. The van der Waals surface area contributed by atoms with Crippen LogP contribution in [0.1, 0.15) is 5.56 Å². The summed E-state index contributed by atoms with van der Waals surface area (Å²) in [6.45, 7) is 5.25. The molecule has 0 aliphatic carbocycles. The van der Waals surface area contributed by atoms with Gasteiger partial charge in [0.2, 0.25) is 5.88 Å². The Labute approximate surface area is 199 Å². The fourth-order valence-corrected chi connectivity index (χ4v) is 4.12. The van der Waals surface area contributed by atoms with E-state index in [1.54, 1.807) is 7.11 Å². The van der Waals surface area contributed by atoms with E-state index in [1.807, 2.05) is 30.3 Å². The molecule has 0 saturated carbocycles. The van der Waals surface area contributed by atoms with Gasteiger partial charge in [-0.2, -0.15) is 0 Å². The lowest BCUT2D eigenvalue weighted by Crippen LogP contribution is -2.47. The van der Waals surface area contributed by atoms with Crippen LogP contribution in [0.15, 0.2) is 54.6 Å². The first-order valence-corrected chi connectivity index (χ1v) is 11.6. The van der Waals surface area contributed by atoms with Crippen LogP contribution in [0.25, 0.3) is 11.3 Å². The van der Waals surface area contributed by atoms with E-state index in [-0.39, 0.29) is 0 Å². The molecule has 3 heterocycles. The fourth-order valence-electron chi connectivity index (χ4n) is 4.12. The predicted octanol–water partition coefficient (Wildman–Crippen LogP) is 3.35. The third kappa shape index (κ3) is 5.25. The van der Waals surface area contributed by atoms with Crippen molar-refractivity contribution in [3.63, 3.8) is 0 Å². The highest BCUT2D eigenvalue weighted by atomic mass is 16.6. The van der Waals surface area contributed by atoms with Gasteiger partial charge in [0.1, 0.15) is 18.9 Å². The molecular weight excluding hydrogens is 432 g/mol. The number of fused-ring (bicyclic) bond motifs is 1. The van der Waals surface area contributed by atoms with Crippen LogP contribution in [-0.2, 0) is 11.3 Å². The van der Waals surface area contributed by atoms with E-state index in [1.165, 1.54) is 5.56 Å². The lowest BCUT2D eigenvalue weighted by Gasteiger charge is -2.24. The lowest BCUT2D eigenvalue weighted by molar-refractivity contribution is 0.0766. The van der Waals surface area contributed by atoms with E-state index in [4.69, 9.17) is 23.9 Å². The first kappa shape index (κ1) is 22.5. The lowest BCUT2D eigenvalue weighted by atomic mass is 10.1. The van der Waals surface area contributed by atoms with Gasteiger partial charge in [0.25, 0.3) is 0 Å². The maximum absolute atomic E-state index is 5.85. The highest BCUT2D eigenvalue weighted by Gasteiger charge is 2.19. The number of hydrogen-bond donors (Lipinski definition) is 3. The number of para-hydroxylation sites is 1. The second-order valence-corrected chi connectivity index (χ2v) is 8.26. The van der Waals surface area contributed by atoms with Crippen molar-refractivity contribution in [2.45, 2.75) is 12.6 Å². The van der Waals surface area contributed by atoms with Gasteiger partial charge in [0.05, 0.1) is 26.0 Å². The molecule has 3 N–H and O–H groups in total. The molecule has 0 amide bonds. The highest BCUT2D eigenvalue weighted by molar-refractivity contribution is 5.74. The number of morpholine rings is 1. The standard InChI is InChI=1S/C26H30N4O4/c1-31-26-23(10-9-22(30-26)21-3-2-4-24-25(21)34-14-13-33-24)29-19-7-5-18(6-8-19)15-27-16-20-17-32-12-11-28-20/h2-10,20,27-29H,11-17H2,1H3/t20-/m1/s1. The van der Waals surface area contributed by atoms with Gasteiger partial charge in [0, 0.05) is 36.9 Å². The zero-order chi connectivity index (χ0) is 23.2. The first-order valence-electron chi connectivity index (χ1n) is 11.6. The van der Waals surface area contributed by atoms with Crippen LogP contribution < -0.4 is 30.2 Å². The predicted molar refractivity (Wildman–Crippen MR) is 131 cm³/mol. The van der Waals surface area contributed by atoms with E-state index in [0.29, 0.717) is 25.1 Å². The van der Waals surface area contributed by atoms with Crippen molar-refractivity contribution in [2.75, 3.05) is 51.9 Å². The summed E-state index contributed by atoms with van der Waals surface area (Å²) in [7, 11) is 1.62. The summed E-state index contributed by atoms with van der Waals surface area (Å²) >= 11 is 0. The maximum atomic E-state index is 5.85. The monoisotopic (exact) mass is 462 g/mol. The average Bonchev–Trinajstić information content (AvgIpc) is 2.90. The molecule has 34 heavy (non-hydrogen) atoms. The van der Waals surface area contributed by atoms with Crippen molar-refractivity contribution in [2.24, 2.45) is 0 Å². The molecule has 0 unspecified atom stereocenters. The summed E-state index contributed by atoms with van der Waals surface area (Å²) in [6.07, 6.45) is 0. The summed E-state index contributed by atoms with van der Waals surface area (Å²) < 4.78 is 22.6. The third-order valence-electron chi connectivity index (χ3n) is 5.85. The molecule has 0 spiro atoms. The summed E-state index contributed by atoms with van der Waals surface area (Å²) in [5.41, 5.74) is 4.63. The number of hydrogen-bond acceptors (Lipinski definition) is 8. The van der Waals surface area contributed by atoms with Gasteiger partial charge in [-0.1, -0.05) is 18.2 Å². The van der Waals surface area contributed by atoms with Gasteiger partial charge < -0.3 is 34.9 Å². The Hall–Kier alpha value is -3.33. The van der Waals surface area contributed by atoms with Crippen LogP contribution in [0.5, 0.6) is 17.4 Å². The number of nitrogens with one attached hydrogen (secondary N) is 3. The molecule has 3 aromatic rings. The van der Waals surface area contributed by atoms with Gasteiger partial charge >= 0.3 is 0 Å². The van der Waals surface area contributed by atoms with E-state index in [0.717, 1.165) is 67.0 Å². The molecule has 2 aromatic carbocycles. The minimum absolute atomic E-state index is 0.373. The van der Waals surface area contributed by atoms with Crippen molar-refractivity contribution in [3.05, 3.63) is 60.2 Å². The van der Waals surface area contributed by atoms with Gasteiger partial charge in [-0.25, -0.2) is 4.98 Å². The normalized spacial score (nSPS) is 17.3. The highest BCUT2D eigenvalue weighted by Crippen LogP contribution is 2.40. The molecule has 0 bridgehead atoms. The minimum Gasteiger partial charge on any atom is -0.486 e. The SMILES string of the molecule is COc1nc(-c2cccc3c2OCCO3)ccc1Nc1ccc(CNC[C@@H]2COCCN2)cc1. The molecule has 178 valence electrons. The van der Waals surface area contributed by atoms with E-state index < -0.39 is 0 Å². The van der Waals surface area contributed by atoms with Crippen LogP contribution in [-0.4, -0.2) is 57.7 Å². The molecular formula is C26H30N4O4. The topological polar surface area (TPSA) is 85.9 Å². The summed E-state index contributed by atoms with van der Waals surface area (Å²) in [6, 6.07) is 18.5. The van der Waals surface area contributed by atoms with Crippen LogP contribution in [0.4, 0.5) is 11.4 Å². The molecule has 1 fully saturated rings. The first-order chi connectivity index (χ1) is 16.8. The molecule has 8 nitrogen and oxygen atoms in total. The number of aromatic nitrogens is 1. The van der Waals surface area contributed by atoms with E-state index in [9.17, 15) is 0 Å². The van der Waals surface area contributed by atoms with Gasteiger partial charge in [-0.05, 0) is 42.0 Å². The van der Waals surface area contributed by atoms with Gasteiger partial charge in [-0.15, -0.1) is 0 Å². The Morgan fingerprint density at radius 3 is 2.74 bits per heavy atom. The van der Waals surface area contributed by atoms with Crippen LogP contribution in [0.2, 0.25) is 0 Å². The second kappa shape index (κ2) is 10.7. The summed E-state index contributed by atoms with van der Waals surface area (Å²) in [5.74, 6) is 1.98. The number of methoxy groups -OCH3 is 1. The number of pyridine rings is 1. The minimum atomic E-state index is 0.373. The Morgan fingerprint density at radius 2 is 1.91 bits per heavy atom. The van der Waals surface area contributed by atoms with Crippen molar-refractivity contribution in [3.8, 4) is 28.6 Å². The molecule has 1 atom stereocenters. The van der Waals surface area contributed by atoms with Crippen LogP contribution in [0, 0.1) is 0 Å². The fraction of sp³-hybridized carbons (Fsp3) is 0.346. The number of anilines is 2. The van der Waals surface area contributed by atoms with E-state index >= 15 is 0 Å². The molecule has 2 aliphatic heterocycles. The van der Waals surface area contributed by atoms with Crippen molar-refractivity contribution < 1.29 is 18.9 Å². The molecule has 1 saturated heterocycles. The average molecular weight is 463 g/mol. The Bertz CT molecular complexity index is 1100. The van der Waals surface area contributed by atoms with Crippen LogP contribution >= 0.6 is 0 Å². The zero-order valence-corrected chi connectivity index (χ0v) is 19.3. The molecule has 2 aliphatic rings. The van der Waals surface area contributed by atoms with Crippen LogP contribution in [0.3, 0.4) is 0 Å². The number of benzene rings is 2. The smallest absolute Gasteiger partial charge is 0.238 e. The third-order valence-corrected chi connectivity index (χ3v) is 5.85. The Balaban J connectivity index is 1.24. The van der Waals surface area contributed by atoms with Gasteiger partial charge in [0.15, 0.2) is 11.5 Å². The van der Waals surface area contributed by atoms with Gasteiger partial charge in [-0.3, -0.25) is 0 Å². The number of rotatable bonds is 8. The van der Waals surface area contributed by atoms with Crippen molar-refractivity contribution in [1.29, 1.82) is 0 Å². The van der Waals surface area contributed by atoms with Crippen molar-refractivity contribution >= 4 is 11.4 Å². The number of ether oxygens (including phenoxy) is 4. The summed E-state index contributed by atoms with van der Waals surface area (Å²) in [4.78, 5) is 4.72. The number of nitrogens with zero attached hydrogens (tertiary/aromatic N) is 1. The second-order valence-electron chi connectivity index (χ2n) is 8.26.